The summed E-state index contributed by atoms with van der Waals surface area (Å²) in [7, 11) is 0. The van der Waals surface area contributed by atoms with Gasteiger partial charge in [0.05, 0.1) is 5.92 Å². The lowest BCUT2D eigenvalue weighted by Gasteiger charge is -2.28. The van der Waals surface area contributed by atoms with Gasteiger partial charge in [-0.3, -0.25) is 4.79 Å². The Kier molecular flexibility index (Phi) is 4.91. The molecule has 1 aliphatic rings. The van der Waals surface area contributed by atoms with Crippen LogP contribution >= 0.6 is 0 Å². The quantitative estimate of drug-likeness (QED) is 0.864. The van der Waals surface area contributed by atoms with E-state index in [4.69, 9.17) is 0 Å². The third-order valence-corrected chi connectivity index (χ3v) is 4.82. The highest BCUT2D eigenvalue weighted by molar-refractivity contribution is 5.81. The zero-order valence-corrected chi connectivity index (χ0v) is 13.7. The number of piperidine rings is 1. The Hall–Kier alpha value is -1.94. The molecule has 122 valence electrons. The average molecular weight is 312 g/mol. The van der Waals surface area contributed by atoms with Crippen LogP contribution < -0.4 is 5.56 Å². The molecular weight excluding hydrogens is 288 g/mol. The van der Waals surface area contributed by atoms with Gasteiger partial charge in [-0.25, -0.2) is 0 Å². The molecule has 1 unspecified atom stereocenters. The summed E-state index contributed by atoms with van der Waals surface area (Å²) < 4.78 is 0. The van der Waals surface area contributed by atoms with Crippen LogP contribution in [0.15, 0.2) is 29.1 Å². The standard InChI is InChI=1S/C19H24N2O2/c1-2-14-10-16-11-15(6-7-18(16)20-19(14)23)17(13-22)12-21-8-4-3-5-9-21/h6-7,10-11,13,17H,2-5,8-9,12H2,1H3,(H,20,23). The molecule has 1 fully saturated rings. The van der Waals surface area contributed by atoms with Crippen molar-refractivity contribution in [2.45, 2.75) is 38.5 Å². The molecule has 0 aliphatic carbocycles. The van der Waals surface area contributed by atoms with E-state index in [2.05, 4.69) is 9.88 Å². The van der Waals surface area contributed by atoms with Crippen molar-refractivity contribution < 1.29 is 4.79 Å². The summed E-state index contributed by atoms with van der Waals surface area (Å²) in [6.07, 6.45) is 5.52. The molecule has 3 rings (SSSR count). The average Bonchev–Trinajstić information content (AvgIpc) is 2.59. The fourth-order valence-electron chi connectivity index (χ4n) is 3.41. The van der Waals surface area contributed by atoms with Gasteiger partial charge in [-0.2, -0.15) is 0 Å². The molecule has 4 nitrogen and oxygen atoms in total. The molecule has 0 spiro atoms. The first kappa shape index (κ1) is 15.9. The van der Waals surface area contributed by atoms with Gasteiger partial charge < -0.3 is 14.7 Å². The summed E-state index contributed by atoms with van der Waals surface area (Å²) in [5, 5.41) is 1.00. The van der Waals surface area contributed by atoms with Crippen molar-refractivity contribution in [3.63, 3.8) is 0 Å². The molecule has 0 bridgehead atoms. The Morgan fingerprint density at radius 1 is 1.22 bits per heavy atom. The molecule has 1 saturated heterocycles. The van der Waals surface area contributed by atoms with Gasteiger partial charge in [0.2, 0.25) is 0 Å². The van der Waals surface area contributed by atoms with Gasteiger partial charge in [-0.05, 0) is 61.5 Å². The molecule has 1 aromatic carbocycles. The molecule has 0 radical (unpaired) electrons. The Morgan fingerprint density at radius 2 is 2.00 bits per heavy atom. The maximum Gasteiger partial charge on any atom is 0.251 e. The summed E-state index contributed by atoms with van der Waals surface area (Å²) in [5.41, 5.74) is 2.63. The van der Waals surface area contributed by atoms with Crippen LogP contribution in [0, 0.1) is 0 Å². The van der Waals surface area contributed by atoms with E-state index in [1.807, 2.05) is 31.2 Å². The summed E-state index contributed by atoms with van der Waals surface area (Å²) >= 11 is 0. The zero-order chi connectivity index (χ0) is 16.2. The van der Waals surface area contributed by atoms with Crippen LogP contribution in [0.2, 0.25) is 0 Å². The maximum absolute atomic E-state index is 11.9. The molecule has 2 heterocycles. The van der Waals surface area contributed by atoms with Crippen molar-refractivity contribution in [3.05, 3.63) is 45.7 Å². The smallest absolute Gasteiger partial charge is 0.251 e. The first-order valence-electron chi connectivity index (χ1n) is 8.54. The SMILES string of the molecule is CCc1cc2cc(C(C=O)CN3CCCCC3)ccc2[nH]c1=O. The lowest BCUT2D eigenvalue weighted by molar-refractivity contribution is -0.109. The van der Waals surface area contributed by atoms with Gasteiger partial charge in [0.25, 0.3) is 5.56 Å². The van der Waals surface area contributed by atoms with Crippen LogP contribution in [0.4, 0.5) is 0 Å². The topological polar surface area (TPSA) is 53.2 Å². The number of aromatic nitrogens is 1. The first-order chi connectivity index (χ1) is 11.2. The molecule has 1 N–H and O–H groups in total. The minimum atomic E-state index is -0.102. The lowest BCUT2D eigenvalue weighted by atomic mass is 9.96. The van der Waals surface area contributed by atoms with E-state index in [9.17, 15) is 9.59 Å². The number of benzene rings is 1. The van der Waals surface area contributed by atoms with E-state index < -0.39 is 0 Å². The maximum atomic E-state index is 11.9. The minimum Gasteiger partial charge on any atom is -0.322 e. The van der Waals surface area contributed by atoms with Gasteiger partial charge >= 0.3 is 0 Å². The van der Waals surface area contributed by atoms with Crippen LogP contribution in [0.3, 0.4) is 0 Å². The van der Waals surface area contributed by atoms with Crippen molar-refractivity contribution in [1.29, 1.82) is 0 Å². The number of aldehydes is 1. The Labute approximate surface area is 136 Å². The minimum absolute atomic E-state index is 0.0204. The van der Waals surface area contributed by atoms with Gasteiger partial charge in [0.1, 0.15) is 6.29 Å². The summed E-state index contributed by atoms with van der Waals surface area (Å²) in [5.74, 6) is -0.102. The number of fused-ring (bicyclic) bond motifs is 1. The van der Waals surface area contributed by atoms with Crippen molar-refractivity contribution in [2.75, 3.05) is 19.6 Å². The first-order valence-corrected chi connectivity index (χ1v) is 8.54. The Bertz CT molecular complexity index is 745. The number of carbonyl (C=O) groups excluding carboxylic acids is 1. The normalized spacial score (nSPS) is 17.3. The number of hydrogen-bond donors (Lipinski definition) is 1. The number of hydrogen-bond acceptors (Lipinski definition) is 3. The number of H-pyrrole nitrogens is 1. The predicted molar refractivity (Wildman–Crippen MR) is 93.0 cm³/mol. The monoisotopic (exact) mass is 312 g/mol. The number of nitrogens with one attached hydrogen (secondary N) is 1. The number of likely N-dealkylation sites (tertiary alicyclic amines) is 1. The van der Waals surface area contributed by atoms with E-state index in [1.165, 1.54) is 19.3 Å². The van der Waals surface area contributed by atoms with Crippen LogP contribution in [-0.4, -0.2) is 35.8 Å². The number of rotatable bonds is 5. The largest absolute Gasteiger partial charge is 0.322 e. The highest BCUT2D eigenvalue weighted by Gasteiger charge is 2.18. The van der Waals surface area contributed by atoms with E-state index in [1.54, 1.807) is 0 Å². The van der Waals surface area contributed by atoms with Gasteiger partial charge in [-0.15, -0.1) is 0 Å². The number of aromatic amines is 1. The summed E-state index contributed by atoms with van der Waals surface area (Å²) in [6.45, 7) is 4.94. The van der Waals surface area contributed by atoms with Gasteiger partial charge in [-0.1, -0.05) is 19.4 Å². The molecule has 1 aliphatic heterocycles. The molecular formula is C19H24N2O2. The second-order valence-corrected chi connectivity index (χ2v) is 6.43. The van der Waals surface area contributed by atoms with Crippen LogP contribution in [0.1, 0.15) is 43.2 Å². The van der Waals surface area contributed by atoms with Gasteiger partial charge in [0.15, 0.2) is 0 Å². The number of aryl methyl sites for hydroxylation is 1. The molecule has 1 aromatic heterocycles. The van der Waals surface area contributed by atoms with E-state index >= 15 is 0 Å². The highest BCUT2D eigenvalue weighted by atomic mass is 16.1. The van der Waals surface area contributed by atoms with Crippen molar-refractivity contribution >= 4 is 17.2 Å². The number of pyridine rings is 1. The Morgan fingerprint density at radius 3 is 2.70 bits per heavy atom. The van der Waals surface area contributed by atoms with Crippen LogP contribution in [0.25, 0.3) is 10.9 Å². The van der Waals surface area contributed by atoms with Crippen LogP contribution in [0.5, 0.6) is 0 Å². The highest BCUT2D eigenvalue weighted by Crippen LogP contribution is 2.22. The third kappa shape index (κ3) is 3.53. The van der Waals surface area contributed by atoms with Gasteiger partial charge in [0, 0.05) is 17.6 Å². The molecule has 0 amide bonds. The van der Waals surface area contributed by atoms with E-state index in [0.717, 1.165) is 48.0 Å². The van der Waals surface area contributed by atoms with Crippen LogP contribution in [-0.2, 0) is 11.2 Å². The molecule has 23 heavy (non-hydrogen) atoms. The molecule has 0 saturated carbocycles. The zero-order valence-electron chi connectivity index (χ0n) is 13.7. The molecule has 1 atom stereocenters. The predicted octanol–water partition coefficient (Wildman–Crippen LogP) is 2.86. The fourth-order valence-corrected chi connectivity index (χ4v) is 3.41. The van der Waals surface area contributed by atoms with E-state index in [-0.39, 0.29) is 11.5 Å². The van der Waals surface area contributed by atoms with Crippen molar-refractivity contribution in [1.82, 2.24) is 9.88 Å². The van der Waals surface area contributed by atoms with E-state index in [0.29, 0.717) is 6.42 Å². The molecule has 2 aromatic rings. The van der Waals surface area contributed by atoms with Crippen molar-refractivity contribution in [2.24, 2.45) is 0 Å². The number of nitrogens with zero attached hydrogens (tertiary/aromatic N) is 1. The summed E-state index contributed by atoms with van der Waals surface area (Å²) in [4.78, 5) is 28.8. The number of carbonyl (C=O) groups is 1. The lowest BCUT2D eigenvalue weighted by Crippen LogP contribution is -2.33. The Balaban J connectivity index is 1.89. The van der Waals surface area contributed by atoms with Crippen molar-refractivity contribution in [3.8, 4) is 0 Å². The third-order valence-electron chi connectivity index (χ3n) is 4.82. The fraction of sp³-hybridized carbons (Fsp3) is 0.474. The second-order valence-electron chi connectivity index (χ2n) is 6.43. The molecule has 4 heteroatoms. The summed E-state index contributed by atoms with van der Waals surface area (Å²) in [6, 6.07) is 7.87. The second kappa shape index (κ2) is 7.09.